The zero-order chi connectivity index (χ0) is 17.9. The van der Waals surface area contributed by atoms with Crippen molar-refractivity contribution in [1.82, 2.24) is 0 Å². The number of cyclic esters (lactones) is 1. The van der Waals surface area contributed by atoms with Gasteiger partial charge in [-0.15, -0.1) is 0 Å². The van der Waals surface area contributed by atoms with Crippen molar-refractivity contribution < 1.29 is 14.0 Å². The van der Waals surface area contributed by atoms with Crippen LogP contribution in [0.15, 0.2) is 72.8 Å². The average molecular weight is 353 g/mol. The highest BCUT2D eigenvalue weighted by Crippen LogP contribution is 2.37. The number of benzene rings is 2. The van der Waals surface area contributed by atoms with Crippen LogP contribution in [0.5, 0.6) is 0 Å². The molecular formula is C21H24O3Si. The van der Waals surface area contributed by atoms with Crippen molar-refractivity contribution in [1.29, 1.82) is 0 Å². The first-order valence-corrected chi connectivity index (χ1v) is 10.5. The second-order valence-corrected chi connectivity index (χ2v) is 11.6. The minimum atomic E-state index is -2.56. The monoisotopic (exact) mass is 352 g/mol. The van der Waals surface area contributed by atoms with E-state index in [4.69, 9.17) is 9.16 Å². The van der Waals surface area contributed by atoms with Crippen LogP contribution >= 0.6 is 0 Å². The Labute approximate surface area is 150 Å². The van der Waals surface area contributed by atoms with Crippen molar-refractivity contribution in [2.24, 2.45) is 0 Å². The largest absolute Gasteiger partial charge is 0.453 e. The lowest BCUT2D eigenvalue weighted by Gasteiger charge is -2.43. The molecule has 0 aliphatic carbocycles. The van der Waals surface area contributed by atoms with Gasteiger partial charge < -0.3 is 9.16 Å². The first kappa shape index (κ1) is 17.6. The van der Waals surface area contributed by atoms with Crippen LogP contribution in [-0.4, -0.2) is 27.0 Å². The first-order chi connectivity index (χ1) is 11.9. The van der Waals surface area contributed by atoms with Crippen molar-refractivity contribution >= 4 is 24.7 Å². The molecule has 4 heteroatoms. The molecule has 3 rings (SSSR count). The predicted molar refractivity (Wildman–Crippen MR) is 103 cm³/mol. The highest BCUT2D eigenvalue weighted by molar-refractivity contribution is 6.99. The lowest BCUT2D eigenvalue weighted by Crippen LogP contribution is -2.67. The van der Waals surface area contributed by atoms with E-state index in [2.05, 4.69) is 69.3 Å². The molecule has 0 spiro atoms. The third-order valence-electron chi connectivity index (χ3n) is 4.60. The zero-order valence-corrected chi connectivity index (χ0v) is 15.9. The van der Waals surface area contributed by atoms with Gasteiger partial charge in [-0.1, -0.05) is 81.4 Å². The second kappa shape index (κ2) is 6.98. The van der Waals surface area contributed by atoms with Gasteiger partial charge in [-0.3, -0.25) is 0 Å². The Balaban J connectivity index is 2.05. The summed E-state index contributed by atoms with van der Waals surface area (Å²) >= 11 is 0. The lowest BCUT2D eigenvalue weighted by atomic mass is 10.2. The number of hydrogen-bond acceptors (Lipinski definition) is 3. The standard InChI is InChI=1S/C21H24O3Si/c1-21(2,3)25(18-10-6-4-7-11-18,19-12-8-5-9-13-19)23-16-17-14-15-20(22)24-17/h4-15,17H,16H2,1-3H3/t17-/m1/s1. The minimum absolute atomic E-state index is 0.0813. The van der Waals surface area contributed by atoms with E-state index in [1.54, 1.807) is 6.08 Å². The second-order valence-electron chi connectivity index (χ2n) is 7.31. The molecule has 0 unspecified atom stereocenters. The van der Waals surface area contributed by atoms with Crippen LogP contribution in [0.25, 0.3) is 0 Å². The molecule has 2 aromatic rings. The Morgan fingerprint density at radius 3 is 1.88 bits per heavy atom. The molecule has 0 radical (unpaired) electrons. The van der Waals surface area contributed by atoms with Gasteiger partial charge in [0.25, 0.3) is 8.32 Å². The summed E-state index contributed by atoms with van der Waals surface area (Å²) in [6, 6.07) is 20.9. The highest BCUT2D eigenvalue weighted by Gasteiger charge is 2.50. The summed E-state index contributed by atoms with van der Waals surface area (Å²) in [5.74, 6) is -0.295. The van der Waals surface area contributed by atoms with Crippen LogP contribution < -0.4 is 10.4 Å². The Kier molecular flexibility index (Phi) is 4.93. The summed E-state index contributed by atoms with van der Waals surface area (Å²) in [5.41, 5.74) is 0. The zero-order valence-electron chi connectivity index (χ0n) is 14.9. The van der Waals surface area contributed by atoms with Gasteiger partial charge in [-0.2, -0.15) is 0 Å². The fourth-order valence-electron chi connectivity index (χ4n) is 3.47. The third-order valence-corrected chi connectivity index (χ3v) is 9.60. The van der Waals surface area contributed by atoms with Crippen molar-refractivity contribution in [3.05, 3.63) is 72.8 Å². The molecule has 0 fully saturated rings. The van der Waals surface area contributed by atoms with E-state index in [-0.39, 0.29) is 17.1 Å². The molecule has 0 aromatic heterocycles. The Hall–Kier alpha value is -2.17. The minimum Gasteiger partial charge on any atom is -0.453 e. The van der Waals surface area contributed by atoms with E-state index in [0.717, 1.165) is 0 Å². The molecule has 3 nitrogen and oxygen atoms in total. The maximum Gasteiger partial charge on any atom is 0.331 e. The molecule has 0 saturated carbocycles. The molecule has 1 aliphatic heterocycles. The van der Waals surface area contributed by atoms with Crippen molar-refractivity contribution in [3.8, 4) is 0 Å². The Morgan fingerprint density at radius 1 is 0.960 bits per heavy atom. The smallest absolute Gasteiger partial charge is 0.331 e. The summed E-state index contributed by atoms with van der Waals surface area (Å²) in [6.45, 7) is 7.07. The van der Waals surface area contributed by atoms with Crippen LogP contribution in [0.4, 0.5) is 0 Å². The van der Waals surface area contributed by atoms with E-state index >= 15 is 0 Å². The topological polar surface area (TPSA) is 35.5 Å². The van der Waals surface area contributed by atoms with Gasteiger partial charge in [0.2, 0.25) is 0 Å². The number of hydrogen-bond donors (Lipinski definition) is 0. The molecule has 25 heavy (non-hydrogen) atoms. The summed E-state index contributed by atoms with van der Waals surface area (Å²) in [7, 11) is -2.56. The van der Waals surface area contributed by atoms with Gasteiger partial charge in [-0.05, 0) is 21.5 Å². The maximum absolute atomic E-state index is 11.4. The van der Waals surface area contributed by atoms with Gasteiger partial charge in [0.1, 0.15) is 6.10 Å². The fourth-order valence-corrected chi connectivity index (χ4v) is 8.04. The van der Waals surface area contributed by atoms with Crippen molar-refractivity contribution in [2.75, 3.05) is 6.61 Å². The molecule has 2 aromatic carbocycles. The maximum atomic E-state index is 11.4. The number of carbonyl (C=O) groups is 1. The lowest BCUT2D eigenvalue weighted by molar-refractivity contribution is -0.139. The Morgan fingerprint density at radius 2 is 1.48 bits per heavy atom. The summed E-state index contributed by atoms with van der Waals surface area (Å²) in [4.78, 5) is 11.4. The number of ether oxygens (including phenoxy) is 1. The number of esters is 1. The van der Waals surface area contributed by atoms with Gasteiger partial charge >= 0.3 is 5.97 Å². The fraction of sp³-hybridized carbons (Fsp3) is 0.286. The molecule has 1 atom stereocenters. The molecule has 0 saturated heterocycles. The van der Waals surface area contributed by atoms with E-state index in [1.807, 2.05) is 12.1 Å². The Bertz CT molecular complexity index is 708. The summed E-state index contributed by atoms with van der Waals surface area (Å²) in [5, 5.41) is 2.37. The molecule has 0 amide bonds. The number of carbonyl (C=O) groups excluding carboxylic acids is 1. The molecule has 0 bridgehead atoms. The van der Waals surface area contributed by atoms with E-state index in [1.165, 1.54) is 16.4 Å². The van der Waals surface area contributed by atoms with Gasteiger partial charge in [-0.25, -0.2) is 4.79 Å². The van der Waals surface area contributed by atoms with Crippen LogP contribution in [0.2, 0.25) is 5.04 Å². The quantitative estimate of drug-likeness (QED) is 0.613. The van der Waals surface area contributed by atoms with Crippen molar-refractivity contribution in [2.45, 2.75) is 31.9 Å². The number of rotatable bonds is 5. The summed E-state index contributed by atoms with van der Waals surface area (Å²) < 4.78 is 12.0. The van der Waals surface area contributed by atoms with Crippen LogP contribution in [-0.2, 0) is 14.0 Å². The van der Waals surface area contributed by atoms with Gasteiger partial charge in [0.05, 0.1) is 6.61 Å². The van der Waals surface area contributed by atoms with E-state index < -0.39 is 8.32 Å². The first-order valence-electron chi connectivity index (χ1n) is 8.57. The SMILES string of the molecule is CC(C)(C)[Si](OC[C@H]1C=CC(=O)O1)(c1ccccc1)c1ccccc1. The van der Waals surface area contributed by atoms with Crippen molar-refractivity contribution in [3.63, 3.8) is 0 Å². The normalized spacial score (nSPS) is 17.6. The van der Waals surface area contributed by atoms with Crippen LogP contribution in [0.3, 0.4) is 0 Å². The van der Waals surface area contributed by atoms with E-state index in [9.17, 15) is 4.79 Å². The van der Waals surface area contributed by atoms with Gasteiger partial charge in [0, 0.05) is 6.08 Å². The molecule has 1 aliphatic rings. The summed E-state index contributed by atoms with van der Waals surface area (Å²) in [6.07, 6.45) is 2.94. The van der Waals surface area contributed by atoms with Crippen LogP contribution in [0.1, 0.15) is 20.8 Å². The molecule has 0 N–H and O–H groups in total. The predicted octanol–water partition coefficient (Wildman–Crippen LogP) is 3.04. The molecule has 1 heterocycles. The molecule has 130 valence electrons. The molecular weight excluding hydrogens is 328 g/mol. The van der Waals surface area contributed by atoms with Gasteiger partial charge in [0.15, 0.2) is 0 Å². The third kappa shape index (κ3) is 3.46. The van der Waals surface area contributed by atoms with E-state index in [0.29, 0.717) is 6.61 Å². The highest BCUT2D eigenvalue weighted by atomic mass is 28.4. The van der Waals surface area contributed by atoms with Crippen LogP contribution in [0, 0.1) is 0 Å². The average Bonchev–Trinajstić information content (AvgIpc) is 3.02.